The Bertz CT molecular complexity index is 174. The summed E-state index contributed by atoms with van der Waals surface area (Å²) in [5, 5.41) is 0. The van der Waals surface area contributed by atoms with Crippen LogP contribution < -0.4 is 0 Å². The highest BCUT2D eigenvalue weighted by atomic mass is 14.2. The van der Waals surface area contributed by atoms with Gasteiger partial charge in [-0.3, -0.25) is 0 Å². The maximum absolute atomic E-state index is 2.24. The molecule has 19 heavy (non-hydrogen) atoms. The Kier molecular flexibility index (Phi) is 7.97. The predicted molar refractivity (Wildman–Crippen MR) is 82.4 cm³/mol. The third kappa shape index (κ3) is 6.82. The molecule has 10 radical (unpaired) electrons. The van der Waals surface area contributed by atoms with Crippen molar-refractivity contribution in [1.82, 2.24) is 0 Å². The zero-order chi connectivity index (χ0) is 13.2. The zero-order valence-corrected chi connectivity index (χ0v) is 12.0. The van der Waals surface area contributed by atoms with Gasteiger partial charge in [0.15, 0.2) is 0 Å². The molecular weight excluding hydrogens is 228 g/mol. The number of hydrogen-bond acceptors (Lipinski definition) is 0. The lowest BCUT2D eigenvalue weighted by molar-refractivity contribution is 0.570. The van der Waals surface area contributed by atoms with Gasteiger partial charge in [0.2, 0.25) is 0 Å². The van der Waals surface area contributed by atoms with E-state index in [4.69, 9.17) is 0 Å². The van der Waals surface area contributed by atoms with Crippen molar-refractivity contribution < 1.29 is 0 Å². The molecule has 0 heterocycles. The van der Waals surface area contributed by atoms with Crippen LogP contribution in [-0.2, 0) is 0 Å². The summed E-state index contributed by atoms with van der Waals surface area (Å²) in [4.78, 5) is 0. The van der Waals surface area contributed by atoms with Crippen molar-refractivity contribution in [3.05, 3.63) is 63.2 Å². The molecule has 0 aromatic heterocycles. The van der Waals surface area contributed by atoms with E-state index in [1.54, 1.807) is 0 Å². The summed E-state index contributed by atoms with van der Waals surface area (Å²) in [5.74, 6) is 3.02. The molecular formula is C19H26. The standard InChI is InChI=1S/C19H26/c1(2-4-6-12-18-14-8-9-15-18)3-5-7-13-19-16-10-11-17-19/h8-11,14-17H,1-7,12-13H2. The fraction of sp³-hybridized carbons (Fsp3) is 0.474. The molecule has 0 N–H and O–H groups in total. The Hall–Kier alpha value is 0. The summed E-state index contributed by atoms with van der Waals surface area (Å²) in [6.07, 6.45) is 29.8. The van der Waals surface area contributed by atoms with Crippen LogP contribution >= 0.6 is 0 Å². The van der Waals surface area contributed by atoms with E-state index >= 15 is 0 Å². The lowest BCUT2D eigenvalue weighted by atomic mass is 9.97. The second-order valence-corrected chi connectivity index (χ2v) is 5.56. The minimum absolute atomic E-state index is 1.27. The second-order valence-electron chi connectivity index (χ2n) is 5.56. The molecule has 0 spiro atoms. The van der Waals surface area contributed by atoms with E-state index in [0.717, 1.165) is 0 Å². The van der Waals surface area contributed by atoms with Gasteiger partial charge in [-0.25, -0.2) is 0 Å². The van der Waals surface area contributed by atoms with Crippen LogP contribution in [-0.4, -0.2) is 0 Å². The van der Waals surface area contributed by atoms with Crippen LogP contribution in [0, 0.1) is 63.2 Å². The quantitative estimate of drug-likeness (QED) is 0.464. The highest BCUT2D eigenvalue weighted by Crippen LogP contribution is 2.29. The summed E-state index contributed by atoms with van der Waals surface area (Å²) in [7, 11) is 0. The van der Waals surface area contributed by atoms with Gasteiger partial charge in [0.25, 0.3) is 0 Å². The normalized spacial score (nSPS) is 21.5. The molecule has 2 fully saturated rings. The second kappa shape index (κ2) is 9.83. The van der Waals surface area contributed by atoms with Gasteiger partial charge >= 0.3 is 0 Å². The van der Waals surface area contributed by atoms with Crippen LogP contribution in [0.4, 0.5) is 0 Å². The van der Waals surface area contributed by atoms with Crippen LogP contribution in [0.5, 0.6) is 0 Å². The van der Waals surface area contributed by atoms with E-state index in [2.05, 4.69) is 51.4 Å². The zero-order valence-electron chi connectivity index (χ0n) is 12.0. The number of hydrogen-bond donors (Lipinski definition) is 0. The number of unbranched alkanes of at least 4 members (excludes halogenated alkanes) is 6. The minimum Gasteiger partial charge on any atom is -0.0533 e. The maximum atomic E-state index is 2.24. The van der Waals surface area contributed by atoms with Gasteiger partial charge in [0.05, 0.1) is 0 Å². The van der Waals surface area contributed by atoms with Gasteiger partial charge in [0, 0.05) is 0 Å². The molecule has 0 saturated heterocycles. The Morgan fingerprint density at radius 2 is 0.737 bits per heavy atom. The Morgan fingerprint density at radius 1 is 0.421 bits per heavy atom. The van der Waals surface area contributed by atoms with Crippen molar-refractivity contribution in [3.63, 3.8) is 0 Å². The van der Waals surface area contributed by atoms with E-state index in [0.29, 0.717) is 0 Å². The van der Waals surface area contributed by atoms with Crippen molar-refractivity contribution in [2.24, 2.45) is 0 Å². The molecule has 0 nitrogen and oxygen atoms in total. The van der Waals surface area contributed by atoms with Crippen LogP contribution in [0.3, 0.4) is 0 Å². The van der Waals surface area contributed by atoms with Gasteiger partial charge in [-0.15, -0.1) is 0 Å². The summed E-state index contributed by atoms with van der Waals surface area (Å²) in [6, 6.07) is 0. The van der Waals surface area contributed by atoms with Gasteiger partial charge in [-0.05, 0) is 76.0 Å². The molecule has 0 aromatic carbocycles. The molecule has 2 aliphatic carbocycles. The Morgan fingerprint density at radius 3 is 1.11 bits per heavy atom. The topological polar surface area (TPSA) is 0 Å². The monoisotopic (exact) mass is 254 g/mol. The maximum Gasteiger partial charge on any atom is -0.0167 e. The average Bonchev–Trinajstić information content (AvgIpc) is 3.10. The van der Waals surface area contributed by atoms with Crippen molar-refractivity contribution >= 4 is 0 Å². The molecule has 102 valence electrons. The molecule has 0 bridgehead atoms. The summed E-state index contributed by atoms with van der Waals surface area (Å²) < 4.78 is 0. The molecule has 0 aliphatic heterocycles. The first-order valence-corrected chi connectivity index (χ1v) is 7.86. The van der Waals surface area contributed by atoms with E-state index in [1.807, 2.05) is 0 Å². The predicted octanol–water partition coefficient (Wildman–Crippen LogP) is 5.31. The van der Waals surface area contributed by atoms with Crippen LogP contribution in [0.2, 0.25) is 0 Å². The molecule has 2 aliphatic rings. The van der Waals surface area contributed by atoms with Crippen molar-refractivity contribution in [2.75, 3.05) is 0 Å². The van der Waals surface area contributed by atoms with E-state index in [9.17, 15) is 0 Å². The van der Waals surface area contributed by atoms with Crippen molar-refractivity contribution in [2.45, 2.75) is 57.8 Å². The van der Waals surface area contributed by atoms with E-state index < -0.39 is 0 Å². The molecule has 2 rings (SSSR count). The van der Waals surface area contributed by atoms with Crippen LogP contribution in [0.15, 0.2) is 0 Å². The van der Waals surface area contributed by atoms with Gasteiger partial charge < -0.3 is 0 Å². The molecule has 0 amide bonds. The van der Waals surface area contributed by atoms with Crippen LogP contribution in [0.1, 0.15) is 57.8 Å². The highest BCUT2D eigenvalue weighted by molar-refractivity contribution is 5.35. The summed E-state index contributed by atoms with van der Waals surface area (Å²) in [5.41, 5.74) is 0. The first-order chi connectivity index (χ1) is 9.45. The lowest BCUT2D eigenvalue weighted by Crippen LogP contribution is -1.92. The SMILES string of the molecule is [CH]1[CH][CH][C](CCCCCCCCC[C]2[CH][CH][CH][CH]2)[CH]1. The molecule has 0 aromatic rings. The molecule has 0 heteroatoms. The van der Waals surface area contributed by atoms with Gasteiger partial charge in [-0.2, -0.15) is 0 Å². The summed E-state index contributed by atoms with van der Waals surface area (Å²) >= 11 is 0. The fourth-order valence-corrected chi connectivity index (χ4v) is 2.70. The molecule has 2 saturated carbocycles. The average molecular weight is 254 g/mol. The fourth-order valence-electron chi connectivity index (χ4n) is 2.70. The van der Waals surface area contributed by atoms with Crippen LogP contribution in [0.25, 0.3) is 0 Å². The third-order valence-electron chi connectivity index (χ3n) is 3.89. The Balaban J connectivity index is 1.28. The minimum atomic E-state index is 1.27. The molecule has 0 atom stereocenters. The van der Waals surface area contributed by atoms with Gasteiger partial charge in [-0.1, -0.05) is 44.9 Å². The smallest absolute Gasteiger partial charge is 0.0167 e. The van der Waals surface area contributed by atoms with E-state index in [-0.39, 0.29) is 0 Å². The lowest BCUT2D eigenvalue weighted by Gasteiger charge is -2.08. The van der Waals surface area contributed by atoms with Crippen molar-refractivity contribution in [3.8, 4) is 0 Å². The largest absolute Gasteiger partial charge is 0.0533 e. The molecule has 0 unspecified atom stereocenters. The highest BCUT2D eigenvalue weighted by Gasteiger charge is 2.16. The number of rotatable bonds is 10. The first kappa shape index (κ1) is 15.4. The van der Waals surface area contributed by atoms with Crippen molar-refractivity contribution in [1.29, 1.82) is 0 Å². The Labute approximate surface area is 121 Å². The summed E-state index contributed by atoms with van der Waals surface area (Å²) in [6.45, 7) is 0. The third-order valence-corrected chi connectivity index (χ3v) is 3.89. The first-order valence-electron chi connectivity index (χ1n) is 7.86. The van der Waals surface area contributed by atoms with E-state index in [1.165, 1.54) is 69.6 Å². The van der Waals surface area contributed by atoms with Gasteiger partial charge in [0.1, 0.15) is 0 Å².